The Morgan fingerprint density at radius 1 is 1.15 bits per heavy atom. The quantitative estimate of drug-likeness (QED) is 0.370. The maximum atomic E-state index is 12.9. The van der Waals surface area contributed by atoms with Crippen molar-refractivity contribution in [2.45, 2.75) is 78.0 Å². The Morgan fingerprint density at radius 3 is 2.30 bits per heavy atom. The summed E-state index contributed by atoms with van der Waals surface area (Å²) in [7, 11) is 0. The Kier molecular flexibility index (Phi) is 7.56. The number of ether oxygens (including phenoxy) is 2. The summed E-state index contributed by atoms with van der Waals surface area (Å²) in [6.07, 6.45) is -0.879. The number of hydrogen-bond donors (Lipinski definition) is 2. The van der Waals surface area contributed by atoms with Crippen molar-refractivity contribution in [3.8, 4) is 5.75 Å². The van der Waals surface area contributed by atoms with Crippen LogP contribution in [0.2, 0.25) is 0 Å². The van der Waals surface area contributed by atoms with Crippen LogP contribution in [-0.4, -0.2) is 51.8 Å². The molecule has 1 aromatic carbocycles. The molecule has 0 aliphatic carbocycles. The van der Waals surface area contributed by atoms with Crippen LogP contribution in [0.5, 0.6) is 5.75 Å². The van der Waals surface area contributed by atoms with Gasteiger partial charge in [-0.1, -0.05) is 0 Å². The molecule has 2 N–H and O–H groups in total. The average Bonchev–Trinajstić information content (AvgIpc) is 3.07. The molecular weight excluding hydrogens is 434 g/mol. The third-order valence-electron chi connectivity index (χ3n) is 4.62. The van der Waals surface area contributed by atoms with Gasteiger partial charge >= 0.3 is 12.1 Å². The Balaban J connectivity index is 2.18. The monoisotopic (exact) mass is 465 g/mol. The largest absolute Gasteiger partial charge is 0.508 e. The Bertz CT molecular complexity index is 946. The zero-order valence-corrected chi connectivity index (χ0v) is 19.8. The van der Waals surface area contributed by atoms with Gasteiger partial charge in [0.2, 0.25) is 5.91 Å². The van der Waals surface area contributed by atoms with E-state index in [4.69, 9.17) is 9.47 Å². The summed E-state index contributed by atoms with van der Waals surface area (Å²) in [5.41, 5.74) is -1.52. The van der Waals surface area contributed by atoms with Gasteiger partial charge in [-0.3, -0.25) is 14.9 Å². The maximum Gasteiger partial charge on any atom is 0.408 e. The van der Waals surface area contributed by atoms with Gasteiger partial charge < -0.3 is 24.8 Å². The van der Waals surface area contributed by atoms with E-state index in [0.29, 0.717) is 5.56 Å². The van der Waals surface area contributed by atoms with Gasteiger partial charge in [-0.2, -0.15) is 0 Å². The number of phenols is 1. The van der Waals surface area contributed by atoms with Crippen molar-refractivity contribution in [1.29, 1.82) is 0 Å². The molecule has 0 radical (unpaired) electrons. The van der Waals surface area contributed by atoms with E-state index >= 15 is 0 Å². The lowest BCUT2D eigenvalue weighted by molar-refractivity contribution is -0.384. The summed E-state index contributed by atoms with van der Waals surface area (Å²) >= 11 is 0. The van der Waals surface area contributed by atoms with Gasteiger partial charge in [0.15, 0.2) is 0 Å². The van der Waals surface area contributed by atoms with Gasteiger partial charge in [-0.25, -0.2) is 9.59 Å². The van der Waals surface area contributed by atoms with Crippen LogP contribution in [0.15, 0.2) is 12.1 Å². The number of hydrogen-bond acceptors (Lipinski definition) is 8. The standard InChI is InChI=1S/C22H31N3O8/c1-21(2,3)32-19(28)14(23-20(29)33-22(4,5)6)7-10-17(27)24-12-11-13-16(26)9-8-15(18(13)24)25(30)31/h8-9,14,26H,7,10-12H2,1-6H3,(H,23,29)/t14-/m0/s1. The Morgan fingerprint density at radius 2 is 1.76 bits per heavy atom. The number of fused-ring (bicyclic) bond motifs is 1. The number of nitro groups is 1. The molecule has 2 amide bonds. The summed E-state index contributed by atoms with van der Waals surface area (Å²) in [5, 5.41) is 23.9. The van der Waals surface area contributed by atoms with E-state index in [-0.39, 0.29) is 42.9 Å². The van der Waals surface area contributed by atoms with E-state index in [9.17, 15) is 29.6 Å². The highest BCUT2D eigenvalue weighted by molar-refractivity contribution is 5.99. The van der Waals surface area contributed by atoms with Crippen LogP contribution in [0.4, 0.5) is 16.2 Å². The average molecular weight is 466 g/mol. The molecule has 0 saturated carbocycles. The topological polar surface area (TPSA) is 148 Å². The van der Waals surface area contributed by atoms with Crippen molar-refractivity contribution >= 4 is 29.3 Å². The normalized spacial score (nSPS) is 14.3. The van der Waals surface area contributed by atoms with Gasteiger partial charge in [0.05, 0.1) is 4.92 Å². The number of carbonyl (C=O) groups excluding carboxylic acids is 3. The van der Waals surface area contributed by atoms with Crippen LogP contribution < -0.4 is 10.2 Å². The Labute approximate surface area is 192 Å². The van der Waals surface area contributed by atoms with Gasteiger partial charge in [0.1, 0.15) is 28.7 Å². The number of nitro benzene ring substituents is 1. The third-order valence-corrected chi connectivity index (χ3v) is 4.62. The fourth-order valence-corrected chi connectivity index (χ4v) is 3.37. The second-order valence-electron chi connectivity index (χ2n) is 9.75. The second-order valence-corrected chi connectivity index (χ2v) is 9.75. The third kappa shape index (κ3) is 7.06. The van der Waals surface area contributed by atoms with E-state index in [1.165, 1.54) is 11.0 Å². The summed E-state index contributed by atoms with van der Waals surface area (Å²) in [5.74, 6) is -1.34. The number of nitrogens with one attached hydrogen (secondary N) is 1. The molecule has 0 bridgehead atoms. The van der Waals surface area contributed by atoms with Crippen LogP contribution >= 0.6 is 0 Å². The van der Waals surface area contributed by atoms with Gasteiger partial charge in [0, 0.05) is 24.6 Å². The molecular formula is C22H31N3O8. The van der Waals surface area contributed by atoms with Gasteiger partial charge in [-0.15, -0.1) is 0 Å². The predicted octanol–water partition coefficient (Wildman–Crippen LogP) is 3.20. The summed E-state index contributed by atoms with van der Waals surface area (Å²) in [6.45, 7) is 10.2. The van der Waals surface area contributed by atoms with E-state index < -0.39 is 40.1 Å². The van der Waals surface area contributed by atoms with Gasteiger partial charge in [-0.05, 0) is 60.5 Å². The van der Waals surface area contributed by atoms with Crippen LogP contribution in [0, 0.1) is 10.1 Å². The second kappa shape index (κ2) is 9.63. The number of nitrogens with zero attached hydrogens (tertiary/aromatic N) is 2. The van der Waals surface area contributed by atoms with E-state index in [2.05, 4.69) is 5.32 Å². The minimum absolute atomic E-state index is 0.0546. The van der Waals surface area contributed by atoms with E-state index in [1.54, 1.807) is 41.5 Å². The molecule has 1 heterocycles. The first-order valence-electron chi connectivity index (χ1n) is 10.6. The minimum atomic E-state index is -1.16. The molecule has 1 aliphatic heterocycles. The number of aromatic hydroxyl groups is 1. The highest BCUT2D eigenvalue weighted by atomic mass is 16.6. The molecule has 33 heavy (non-hydrogen) atoms. The van der Waals surface area contributed by atoms with Crippen LogP contribution in [0.1, 0.15) is 59.9 Å². The number of alkyl carbamates (subject to hydrolysis) is 1. The highest BCUT2D eigenvalue weighted by Crippen LogP contribution is 2.42. The number of esters is 1. The lowest BCUT2D eigenvalue weighted by Crippen LogP contribution is -2.46. The number of rotatable bonds is 6. The lowest BCUT2D eigenvalue weighted by atomic mass is 10.1. The van der Waals surface area contributed by atoms with E-state index in [0.717, 1.165) is 6.07 Å². The molecule has 1 atom stereocenters. The molecule has 11 heteroatoms. The van der Waals surface area contributed by atoms with Crippen LogP contribution in [-0.2, 0) is 25.5 Å². The zero-order chi connectivity index (χ0) is 25.1. The van der Waals surface area contributed by atoms with Crippen LogP contribution in [0.3, 0.4) is 0 Å². The number of benzene rings is 1. The van der Waals surface area contributed by atoms with Crippen molar-refractivity contribution in [2.75, 3.05) is 11.4 Å². The molecule has 1 aromatic rings. The fraction of sp³-hybridized carbons (Fsp3) is 0.591. The summed E-state index contributed by atoms with van der Waals surface area (Å²) in [6, 6.07) is 1.21. The molecule has 0 spiro atoms. The Hall–Kier alpha value is -3.37. The molecule has 11 nitrogen and oxygen atoms in total. The summed E-state index contributed by atoms with van der Waals surface area (Å²) < 4.78 is 10.6. The first-order valence-corrected chi connectivity index (χ1v) is 10.6. The number of phenolic OH excluding ortho intramolecular Hbond substituents is 1. The number of anilines is 1. The molecule has 0 unspecified atom stereocenters. The van der Waals surface area contributed by atoms with Crippen LogP contribution in [0.25, 0.3) is 0 Å². The maximum absolute atomic E-state index is 12.9. The summed E-state index contributed by atoms with van der Waals surface area (Å²) in [4.78, 5) is 49.9. The SMILES string of the molecule is CC(C)(C)OC(=O)N[C@@H](CCC(=O)N1CCc2c(O)ccc([N+](=O)[O-])c21)C(=O)OC(C)(C)C. The molecule has 0 fully saturated rings. The van der Waals surface area contributed by atoms with Crippen molar-refractivity contribution in [2.24, 2.45) is 0 Å². The smallest absolute Gasteiger partial charge is 0.408 e. The van der Waals surface area contributed by atoms with Crippen molar-refractivity contribution in [3.63, 3.8) is 0 Å². The number of amides is 2. The van der Waals surface area contributed by atoms with Crippen molar-refractivity contribution in [1.82, 2.24) is 5.32 Å². The van der Waals surface area contributed by atoms with Crippen molar-refractivity contribution < 1.29 is 33.9 Å². The highest BCUT2D eigenvalue weighted by Gasteiger charge is 2.35. The molecule has 2 rings (SSSR count). The van der Waals surface area contributed by atoms with E-state index in [1.807, 2.05) is 0 Å². The first-order chi connectivity index (χ1) is 15.1. The molecule has 182 valence electrons. The zero-order valence-electron chi connectivity index (χ0n) is 19.8. The predicted molar refractivity (Wildman–Crippen MR) is 119 cm³/mol. The lowest BCUT2D eigenvalue weighted by Gasteiger charge is -2.26. The first kappa shape index (κ1) is 25.9. The van der Waals surface area contributed by atoms with Gasteiger partial charge in [0.25, 0.3) is 5.69 Å². The van der Waals surface area contributed by atoms with Crippen molar-refractivity contribution in [3.05, 3.63) is 27.8 Å². The fourth-order valence-electron chi connectivity index (χ4n) is 3.37. The minimum Gasteiger partial charge on any atom is -0.508 e. The molecule has 0 aromatic heterocycles. The molecule has 1 aliphatic rings. The molecule has 0 saturated heterocycles. The number of carbonyl (C=O) groups is 3.